The number of phenolic OH excluding ortho intramolecular Hbond substituents is 1. The van der Waals surface area contributed by atoms with Gasteiger partial charge in [0.2, 0.25) is 0 Å². The van der Waals surface area contributed by atoms with Gasteiger partial charge >= 0.3 is 0 Å². The normalized spacial score (nSPS) is 15.8. The lowest BCUT2D eigenvalue weighted by atomic mass is 10.0. The number of benzene rings is 2. The number of anilines is 1. The average Bonchev–Trinajstić information content (AvgIpc) is 2.72. The van der Waals surface area contributed by atoms with Gasteiger partial charge < -0.3 is 19.2 Å². The van der Waals surface area contributed by atoms with E-state index in [-0.39, 0.29) is 11.2 Å². The summed E-state index contributed by atoms with van der Waals surface area (Å²) in [7, 11) is 0. The summed E-state index contributed by atoms with van der Waals surface area (Å²) in [5.74, 6) is 1.46. The smallest absolute Gasteiger partial charge is 0.200 e. The van der Waals surface area contributed by atoms with E-state index in [0.29, 0.717) is 37.9 Å². The molecule has 0 unspecified atom stereocenters. The lowest BCUT2D eigenvalue weighted by molar-refractivity contribution is 0.120. The number of nitrogens with zero attached hydrogens (tertiary/aromatic N) is 1. The summed E-state index contributed by atoms with van der Waals surface area (Å²) in [4.78, 5) is 16.6. The van der Waals surface area contributed by atoms with Crippen LogP contribution in [0.1, 0.15) is 11.1 Å². The topological polar surface area (TPSA) is 62.9 Å². The highest BCUT2D eigenvalue weighted by molar-refractivity contribution is 7.99. The molecule has 1 aromatic heterocycles. The number of hydrogen-bond acceptors (Lipinski definition) is 6. The van der Waals surface area contributed by atoms with Gasteiger partial charge in [-0.3, -0.25) is 4.79 Å². The van der Waals surface area contributed by atoms with Crippen LogP contribution in [-0.2, 0) is 11.2 Å². The molecule has 2 aromatic carbocycles. The molecule has 5 nitrogen and oxygen atoms in total. The summed E-state index contributed by atoms with van der Waals surface area (Å²) in [6, 6.07) is 14.7. The molecule has 3 heterocycles. The molecular weight excluding hydrogens is 374 g/mol. The van der Waals surface area contributed by atoms with Crippen LogP contribution in [0.4, 0.5) is 5.88 Å². The van der Waals surface area contributed by atoms with Gasteiger partial charge in [-0.05, 0) is 35.7 Å². The molecule has 3 aromatic rings. The number of morpholine rings is 1. The van der Waals surface area contributed by atoms with Gasteiger partial charge in [0.15, 0.2) is 11.3 Å². The fourth-order valence-corrected chi connectivity index (χ4v) is 4.86. The van der Waals surface area contributed by atoms with Crippen molar-refractivity contribution >= 4 is 17.6 Å². The Morgan fingerprint density at radius 1 is 1.00 bits per heavy atom. The molecule has 6 heteroatoms. The Morgan fingerprint density at radius 2 is 1.86 bits per heavy atom. The van der Waals surface area contributed by atoms with Gasteiger partial charge in [0.1, 0.15) is 11.5 Å². The van der Waals surface area contributed by atoms with Crippen LogP contribution in [0.3, 0.4) is 0 Å². The van der Waals surface area contributed by atoms with Crippen LogP contribution in [0.5, 0.6) is 5.75 Å². The molecule has 0 atom stereocenters. The van der Waals surface area contributed by atoms with E-state index in [1.54, 1.807) is 30.0 Å². The van der Waals surface area contributed by atoms with Crippen molar-refractivity contribution in [1.29, 1.82) is 0 Å². The zero-order valence-electron chi connectivity index (χ0n) is 15.2. The molecule has 5 rings (SSSR count). The van der Waals surface area contributed by atoms with Gasteiger partial charge in [-0.1, -0.05) is 30.0 Å². The summed E-state index contributed by atoms with van der Waals surface area (Å²) in [5, 5.41) is 9.78. The van der Waals surface area contributed by atoms with Crippen molar-refractivity contribution in [2.45, 2.75) is 16.2 Å². The van der Waals surface area contributed by atoms with E-state index in [4.69, 9.17) is 9.15 Å². The third kappa shape index (κ3) is 3.19. The zero-order valence-corrected chi connectivity index (χ0v) is 16.0. The quantitative estimate of drug-likeness (QED) is 0.557. The molecule has 1 fully saturated rings. The zero-order chi connectivity index (χ0) is 19.1. The maximum absolute atomic E-state index is 12.4. The molecule has 0 radical (unpaired) electrons. The maximum atomic E-state index is 12.4. The van der Waals surface area contributed by atoms with Gasteiger partial charge in [0.25, 0.3) is 0 Å². The molecule has 0 bridgehead atoms. The third-order valence-electron chi connectivity index (χ3n) is 5.08. The molecule has 0 spiro atoms. The average molecular weight is 393 g/mol. The minimum Gasteiger partial charge on any atom is -0.508 e. The largest absolute Gasteiger partial charge is 0.508 e. The lowest BCUT2D eigenvalue weighted by Gasteiger charge is -2.27. The van der Waals surface area contributed by atoms with Gasteiger partial charge in [0, 0.05) is 40.6 Å². The van der Waals surface area contributed by atoms with Crippen molar-refractivity contribution in [2.75, 3.05) is 31.2 Å². The van der Waals surface area contributed by atoms with Crippen LogP contribution in [0.25, 0.3) is 11.3 Å². The Kier molecular flexibility index (Phi) is 4.37. The molecule has 0 amide bonds. The van der Waals surface area contributed by atoms with Crippen molar-refractivity contribution in [3.05, 3.63) is 69.9 Å². The van der Waals surface area contributed by atoms with Gasteiger partial charge in [-0.15, -0.1) is 0 Å². The highest BCUT2D eigenvalue weighted by atomic mass is 32.2. The molecule has 0 saturated carbocycles. The molecule has 2 aliphatic heterocycles. The first-order chi connectivity index (χ1) is 13.7. The second-order valence-corrected chi connectivity index (χ2v) is 8.01. The first-order valence-electron chi connectivity index (χ1n) is 9.27. The molecule has 1 N–H and O–H groups in total. The maximum Gasteiger partial charge on any atom is 0.200 e. The van der Waals surface area contributed by atoms with Crippen LogP contribution >= 0.6 is 11.8 Å². The molecule has 2 aliphatic rings. The summed E-state index contributed by atoms with van der Waals surface area (Å²) in [6.45, 7) is 2.69. The number of aromatic hydroxyl groups is 1. The predicted octanol–water partition coefficient (Wildman–Crippen LogP) is 3.90. The highest BCUT2D eigenvalue weighted by Crippen LogP contribution is 2.45. The van der Waals surface area contributed by atoms with Crippen molar-refractivity contribution in [3.8, 4) is 17.1 Å². The van der Waals surface area contributed by atoms with E-state index in [1.807, 2.05) is 24.3 Å². The number of phenols is 1. The van der Waals surface area contributed by atoms with E-state index in [0.717, 1.165) is 27.3 Å². The molecule has 1 saturated heterocycles. The number of rotatable bonds is 2. The van der Waals surface area contributed by atoms with Gasteiger partial charge in [-0.25, -0.2) is 0 Å². The van der Waals surface area contributed by atoms with Crippen LogP contribution < -0.4 is 10.3 Å². The lowest BCUT2D eigenvalue weighted by Crippen LogP contribution is -2.36. The van der Waals surface area contributed by atoms with E-state index < -0.39 is 0 Å². The number of hydrogen-bond donors (Lipinski definition) is 1. The third-order valence-corrected chi connectivity index (χ3v) is 6.38. The summed E-state index contributed by atoms with van der Waals surface area (Å²) >= 11 is 1.65. The SMILES string of the molecule is O=c1cc(-c2cccc3c2Sc2ccc(O)cc2C3)oc(N2CCOCC2)c1. The number of ether oxygens (including phenoxy) is 1. The van der Waals surface area contributed by atoms with Crippen molar-refractivity contribution in [3.63, 3.8) is 0 Å². The summed E-state index contributed by atoms with van der Waals surface area (Å²) < 4.78 is 11.6. The Bertz CT molecular complexity index is 1100. The second-order valence-electron chi connectivity index (χ2n) is 6.96. The monoisotopic (exact) mass is 393 g/mol. The van der Waals surface area contributed by atoms with E-state index in [9.17, 15) is 9.90 Å². The molecule has 0 aliphatic carbocycles. The van der Waals surface area contributed by atoms with Crippen LogP contribution in [-0.4, -0.2) is 31.4 Å². The number of fused-ring (bicyclic) bond motifs is 2. The fourth-order valence-electron chi connectivity index (χ4n) is 3.69. The van der Waals surface area contributed by atoms with Gasteiger partial charge in [0.05, 0.1) is 13.2 Å². The summed E-state index contributed by atoms with van der Waals surface area (Å²) in [5.41, 5.74) is 3.14. The van der Waals surface area contributed by atoms with Gasteiger partial charge in [-0.2, -0.15) is 0 Å². The van der Waals surface area contributed by atoms with Crippen molar-refractivity contribution in [1.82, 2.24) is 0 Å². The molecule has 28 heavy (non-hydrogen) atoms. The minimum absolute atomic E-state index is 0.0634. The summed E-state index contributed by atoms with van der Waals surface area (Å²) in [6.07, 6.45) is 0.743. The van der Waals surface area contributed by atoms with Crippen LogP contribution in [0.15, 0.2) is 67.5 Å². The Morgan fingerprint density at radius 3 is 2.71 bits per heavy atom. The Balaban J connectivity index is 1.57. The Labute approximate surface area is 166 Å². The molecule has 142 valence electrons. The first kappa shape index (κ1) is 17.4. The first-order valence-corrected chi connectivity index (χ1v) is 10.1. The van der Waals surface area contributed by atoms with E-state index in [1.165, 1.54) is 5.56 Å². The van der Waals surface area contributed by atoms with Crippen molar-refractivity contribution in [2.24, 2.45) is 0 Å². The van der Waals surface area contributed by atoms with Crippen molar-refractivity contribution < 1.29 is 14.3 Å². The fraction of sp³-hybridized carbons (Fsp3) is 0.227. The standard InChI is InChI=1S/C22H19NO4S/c24-16-4-5-20-15(11-16)10-14-2-1-3-18(22(14)28-20)19-12-17(25)13-21(27-19)23-6-8-26-9-7-23/h1-5,11-13,24H,6-10H2. The molecular formula is C22H19NO4S. The van der Waals surface area contributed by atoms with Crippen LogP contribution in [0, 0.1) is 0 Å². The highest BCUT2D eigenvalue weighted by Gasteiger charge is 2.22. The predicted molar refractivity (Wildman–Crippen MR) is 108 cm³/mol. The second kappa shape index (κ2) is 7.04. The van der Waals surface area contributed by atoms with Crippen LogP contribution in [0.2, 0.25) is 0 Å². The van der Waals surface area contributed by atoms with E-state index in [2.05, 4.69) is 11.0 Å². The van der Waals surface area contributed by atoms with E-state index >= 15 is 0 Å². The Hall–Kier alpha value is -2.70. The minimum atomic E-state index is -0.0634.